The van der Waals surface area contributed by atoms with Crippen molar-refractivity contribution in [3.63, 3.8) is 0 Å². The molecule has 0 spiro atoms. The Hall–Kier alpha value is -2.67. The standard InChI is InChI=1S/C23H27N5OS/c1-5-28-20(18-7-6-12-24-14-18)26-27-22(28)30-23(10-11-23)21(29)25-19-9-8-17(15(2)3)13-16(19)4/h6-9,12-15H,5,10-11H2,1-4H3,(H,25,29). The van der Waals surface area contributed by atoms with Gasteiger partial charge in [0.1, 0.15) is 4.75 Å². The average molecular weight is 422 g/mol. The highest BCUT2D eigenvalue weighted by Crippen LogP contribution is 2.52. The minimum absolute atomic E-state index is 0.0430. The number of thioether (sulfide) groups is 1. The predicted octanol–water partition coefficient (Wildman–Crippen LogP) is 5.06. The lowest BCUT2D eigenvalue weighted by atomic mass is 10.0. The van der Waals surface area contributed by atoms with Gasteiger partial charge in [0.05, 0.1) is 0 Å². The first-order chi connectivity index (χ1) is 14.4. The second kappa shape index (κ2) is 8.22. The highest BCUT2D eigenvalue weighted by Gasteiger charge is 2.52. The van der Waals surface area contributed by atoms with Crippen LogP contribution >= 0.6 is 11.8 Å². The summed E-state index contributed by atoms with van der Waals surface area (Å²) in [7, 11) is 0. The summed E-state index contributed by atoms with van der Waals surface area (Å²) in [6.07, 6.45) is 5.20. The minimum atomic E-state index is -0.477. The highest BCUT2D eigenvalue weighted by atomic mass is 32.2. The fourth-order valence-electron chi connectivity index (χ4n) is 3.44. The third-order valence-corrected chi connectivity index (χ3v) is 6.99. The van der Waals surface area contributed by atoms with E-state index in [-0.39, 0.29) is 5.91 Å². The molecule has 4 rings (SSSR count). The van der Waals surface area contributed by atoms with Crippen LogP contribution < -0.4 is 5.32 Å². The van der Waals surface area contributed by atoms with Crippen LogP contribution in [0.1, 0.15) is 50.7 Å². The summed E-state index contributed by atoms with van der Waals surface area (Å²) in [5.74, 6) is 1.29. The smallest absolute Gasteiger partial charge is 0.241 e. The van der Waals surface area contributed by atoms with Crippen LogP contribution in [0.15, 0.2) is 47.9 Å². The molecule has 0 aliphatic heterocycles. The Morgan fingerprint density at radius 1 is 1.27 bits per heavy atom. The van der Waals surface area contributed by atoms with Crippen LogP contribution in [-0.2, 0) is 11.3 Å². The van der Waals surface area contributed by atoms with Crippen molar-refractivity contribution in [3.8, 4) is 11.4 Å². The molecule has 0 saturated heterocycles. The van der Waals surface area contributed by atoms with Gasteiger partial charge >= 0.3 is 0 Å². The van der Waals surface area contributed by atoms with Crippen molar-refractivity contribution in [2.45, 2.75) is 62.9 Å². The zero-order valence-electron chi connectivity index (χ0n) is 17.8. The Kier molecular flexibility index (Phi) is 5.64. The molecule has 1 fully saturated rings. The van der Waals surface area contributed by atoms with Crippen molar-refractivity contribution < 1.29 is 4.79 Å². The fourth-order valence-corrected chi connectivity index (χ4v) is 4.65. The third-order valence-electron chi connectivity index (χ3n) is 5.52. The van der Waals surface area contributed by atoms with E-state index in [1.54, 1.807) is 12.4 Å². The Morgan fingerprint density at radius 3 is 2.67 bits per heavy atom. The lowest BCUT2D eigenvalue weighted by Gasteiger charge is -2.17. The van der Waals surface area contributed by atoms with Crippen LogP contribution in [0.3, 0.4) is 0 Å². The monoisotopic (exact) mass is 421 g/mol. The summed E-state index contributed by atoms with van der Waals surface area (Å²) < 4.78 is 1.58. The van der Waals surface area contributed by atoms with E-state index in [1.807, 2.05) is 25.1 Å². The van der Waals surface area contributed by atoms with Gasteiger partial charge in [-0.15, -0.1) is 10.2 Å². The van der Waals surface area contributed by atoms with Crippen molar-refractivity contribution >= 4 is 23.4 Å². The Labute approximate surface area is 181 Å². The Morgan fingerprint density at radius 2 is 2.07 bits per heavy atom. The van der Waals surface area contributed by atoms with E-state index in [1.165, 1.54) is 17.3 Å². The summed E-state index contributed by atoms with van der Waals surface area (Å²) in [6.45, 7) is 9.18. The molecule has 3 aromatic rings. The molecule has 30 heavy (non-hydrogen) atoms. The van der Waals surface area contributed by atoms with Gasteiger partial charge in [-0.05, 0) is 61.9 Å². The number of aryl methyl sites for hydroxylation is 1. The number of amides is 1. The summed E-state index contributed by atoms with van der Waals surface area (Å²) in [6, 6.07) is 10.1. The van der Waals surface area contributed by atoms with E-state index in [2.05, 4.69) is 58.0 Å². The van der Waals surface area contributed by atoms with Gasteiger partial charge in [-0.1, -0.05) is 37.7 Å². The van der Waals surface area contributed by atoms with Gasteiger partial charge in [0.2, 0.25) is 5.91 Å². The van der Waals surface area contributed by atoms with E-state index in [0.717, 1.165) is 47.2 Å². The Bertz CT molecular complexity index is 1060. The summed E-state index contributed by atoms with van der Waals surface area (Å²) >= 11 is 1.52. The maximum Gasteiger partial charge on any atom is 0.241 e. The van der Waals surface area contributed by atoms with E-state index >= 15 is 0 Å². The van der Waals surface area contributed by atoms with Gasteiger partial charge in [-0.3, -0.25) is 9.78 Å². The number of nitrogens with one attached hydrogen (secondary N) is 1. The molecule has 156 valence electrons. The number of hydrogen-bond donors (Lipinski definition) is 1. The molecule has 2 heterocycles. The van der Waals surface area contributed by atoms with E-state index in [9.17, 15) is 4.79 Å². The summed E-state index contributed by atoms with van der Waals surface area (Å²) in [5.41, 5.74) is 4.17. The number of benzene rings is 1. The predicted molar refractivity (Wildman–Crippen MR) is 121 cm³/mol. The molecule has 2 aromatic heterocycles. The van der Waals surface area contributed by atoms with Crippen LogP contribution in [0, 0.1) is 6.92 Å². The quantitative estimate of drug-likeness (QED) is 0.578. The molecule has 7 heteroatoms. The number of carbonyl (C=O) groups excluding carboxylic acids is 1. The van der Waals surface area contributed by atoms with Gasteiger partial charge in [-0.25, -0.2) is 0 Å². The number of carbonyl (C=O) groups is 1. The number of rotatable bonds is 7. The maximum atomic E-state index is 13.1. The highest BCUT2D eigenvalue weighted by molar-refractivity contribution is 8.01. The van der Waals surface area contributed by atoms with Crippen LogP contribution in [0.4, 0.5) is 5.69 Å². The molecule has 1 saturated carbocycles. The van der Waals surface area contributed by atoms with E-state index in [4.69, 9.17) is 0 Å². The molecule has 1 N–H and O–H groups in total. The number of anilines is 1. The second-order valence-electron chi connectivity index (χ2n) is 8.07. The molecule has 0 atom stereocenters. The van der Waals surface area contributed by atoms with Gasteiger partial charge in [-0.2, -0.15) is 0 Å². The molecule has 0 radical (unpaired) electrons. The largest absolute Gasteiger partial charge is 0.325 e. The number of aromatic nitrogens is 4. The van der Waals surface area contributed by atoms with Crippen molar-refractivity contribution in [3.05, 3.63) is 53.9 Å². The van der Waals surface area contributed by atoms with Gasteiger partial charge in [0, 0.05) is 30.2 Å². The number of nitrogens with zero attached hydrogens (tertiary/aromatic N) is 4. The molecule has 1 amide bonds. The second-order valence-corrected chi connectivity index (χ2v) is 9.42. The molecule has 6 nitrogen and oxygen atoms in total. The topological polar surface area (TPSA) is 72.7 Å². The SMILES string of the molecule is CCn1c(SC2(C(=O)Nc3ccc(C(C)C)cc3C)CC2)nnc1-c1cccnc1. The van der Waals surface area contributed by atoms with E-state index < -0.39 is 4.75 Å². The van der Waals surface area contributed by atoms with Gasteiger partial charge < -0.3 is 9.88 Å². The molecular weight excluding hydrogens is 394 g/mol. The first-order valence-electron chi connectivity index (χ1n) is 10.4. The minimum Gasteiger partial charge on any atom is -0.325 e. The molecule has 0 bridgehead atoms. The van der Waals surface area contributed by atoms with Crippen molar-refractivity contribution in [1.29, 1.82) is 0 Å². The first kappa shape index (κ1) is 20.6. The van der Waals surface area contributed by atoms with Crippen molar-refractivity contribution in [1.82, 2.24) is 19.7 Å². The van der Waals surface area contributed by atoms with Crippen LogP contribution in [0.2, 0.25) is 0 Å². The number of pyridine rings is 1. The molecule has 1 aromatic carbocycles. The normalized spacial score (nSPS) is 14.7. The zero-order valence-corrected chi connectivity index (χ0v) is 18.7. The zero-order chi connectivity index (χ0) is 21.3. The van der Waals surface area contributed by atoms with Crippen LogP contribution in [-0.4, -0.2) is 30.4 Å². The number of hydrogen-bond acceptors (Lipinski definition) is 5. The molecule has 1 aliphatic carbocycles. The van der Waals surface area contributed by atoms with E-state index in [0.29, 0.717) is 5.92 Å². The van der Waals surface area contributed by atoms with Crippen LogP contribution in [0.25, 0.3) is 11.4 Å². The van der Waals surface area contributed by atoms with Crippen molar-refractivity contribution in [2.75, 3.05) is 5.32 Å². The van der Waals surface area contributed by atoms with Crippen molar-refractivity contribution in [2.24, 2.45) is 0 Å². The maximum absolute atomic E-state index is 13.1. The fraction of sp³-hybridized carbons (Fsp3) is 0.391. The average Bonchev–Trinajstić information content (AvgIpc) is 3.42. The van der Waals surface area contributed by atoms with Gasteiger partial charge in [0.15, 0.2) is 11.0 Å². The third kappa shape index (κ3) is 3.99. The lowest BCUT2D eigenvalue weighted by molar-refractivity contribution is -0.116. The summed E-state index contributed by atoms with van der Waals surface area (Å²) in [5, 5.41) is 12.7. The summed E-state index contributed by atoms with van der Waals surface area (Å²) in [4.78, 5) is 17.3. The Balaban J connectivity index is 1.53. The van der Waals surface area contributed by atoms with Crippen LogP contribution in [0.5, 0.6) is 0 Å². The molecular formula is C23H27N5OS. The molecule has 1 aliphatic rings. The van der Waals surface area contributed by atoms with Gasteiger partial charge in [0.25, 0.3) is 0 Å². The lowest BCUT2D eigenvalue weighted by Crippen LogP contribution is -2.27. The first-order valence-corrected chi connectivity index (χ1v) is 11.2. The molecule has 0 unspecified atom stereocenters.